The highest BCUT2D eigenvalue weighted by molar-refractivity contribution is 5.94. The first-order valence-corrected chi connectivity index (χ1v) is 4.47. The van der Waals surface area contributed by atoms with E-state index in [-0.39, 0.29) is 11.9 Å². The fourth-order valence-electron chi connectivity index (χ4n) is 1.28. The molecule has 0 radical (unpaired) electrons. The van der Waals surface area contributed by atoms with Crippen LogP contribution in [0.2, 0.25) is 0 Å². The monoisotopic (exact) mass is 196 g/mol. The van der Waals surface area contributed by atoms with Gasteiger partial charge in [-0.2, -0.15) is 5.10 Å². The molecule has 0 aromatic carbocycles. The second-order valence-electron chi connectivity index (χ2n) is 3.06. The largest absolute Gasteiger partial charge is 0.378 e. The molecule has 1 saturated heterocycles. The summed E-state index contributed by atoms with van der Waals surface area (Å²) in [4.78, 5) is 11.6. The van der Waals surface area contributed by atoms with Crippen molar-refractivity contribution in [2.75, 3.05) is 25.1 Å². The molecule has 1 amide bonds. The second kappa shape index (κ2) is 4.21. The molecule has 3 N–H and O–H groups in total. The molecule has 0 bridgehead atoms. The molecule has 1 unspecified atom stereocenters. The van der Waals surface area contributed by atoms with Crippen LogP contribution in [0.15, 0.2) is 12.4 Å². The summed E-state index contributed by atoms with van der Waals surface area (Å²) in [7, 11) is 0. The van der Waals surface area contributed by atoms with Crippen LogP contribution < -0.4 is 10.6 Å². The van der Waals surface area contributed by atoms with Crippen LogP contribution >= 0.6 is 0 Å². The molecule has 1 aliphatic rings. The molecule has 14 heavy (non-hydrogen) atoms. The third kappa shape index (κ3) is 2.09. The van der Waals surface area contributed by atoms with Gasteiger partial charge in [0, 0.05) is 12.7 Å². The van der Waals surface area contributed by atoms with Crippen molar-refractivity contribution in [3.8, 4) is 0 Å². The number of aromatic amines is 1. The molecule has 2 rings (SSSR count). The van der Waals surface area contributed by atoms with E-state index in [9.17, 15) is 4.79 Å². The number of nitrogens with one attached hydrogen (secondary N) is 3. The predicted molar refractivity (Wildman–Crippen MR) is 49.8 cm³/mol. The SMILES string of the molecule is O=C(Nc1cn[nH]c1)C1COCCN1. The Morgan fingerprint density at radius 2 is 2.64 bits per heavy atom. The first-order chi connectivity index (χ1) is 6.86. The summed E-state index contributed by atoms with van der Waals surface area (Å²) in [6, 6.07) is -0.265. The molecular formula is C8H12N4O2. The van der Waals surface area contributed by atoms with Gasteiger partial charge in [0.2, 0.25) is 5.91 Å². The van der Waals surface area contributed by atoms with Crippen molar-refractivity contribution in [2.45, 2.75) is 6.04 Å². The number of H-pyrrole nitrogens is 1. The number of rotatable bonds is 2. The number of nitrogens with zero attached hydrogens (tertiary/aromatic N) is 1. The molecule has 0 saturated carbocycles. The van der Waals surface area contributed by atoms with Crippen LogP contribution in [0.4, 0.5) is 5.69 Å². The van der Waals surface area contributed by atoms with Gasteiger partial charge >= 0.3 is 0 Å². The highest BCUT2D eigenvalue weighted by Crippen LogP contribution is 2.03. The standard InChI is InChI=1S/C8H12N4O2/c13-8(7-5-14-2-1-9-7)12-6-3-10-11-4-6/h3-4,7,9H,1-2,5H2,(H,10,11)(H,12,13). The summed E-state index contributed by atoms with van der Waals surface area (Å²) in [6.45, 7) is 1.79. The highest BCUT2D eigenvalue weighted by Gasteiger charge is 2.21. The lowest BCUT2D eigenvalue weighted by Crippen LogP contribution is -2.48. The Balaban J connectivity index is 1.88. The number of hydrogen-bond donors (Lipinski definition) is 3. The zero-order valence-electron chi connectivity index (χ0n) is 7.62. The van der Waals surface area contributed by atoms with E-state index >= 15 is 0 Å². The summed E-state index contributed by atoms with van der Waals surface area (Å²) in [6.07, 6.45) is 3.18. The Kier molecular flexibility index (Phi) is 2.76. The number of carbonyl (C=O) groups excluding carboxylic acids is 1. The van der Waals surface area contributed by atoms with Crippen LogP contribution in [-0.2, 0) is 9.53 Å². The lowest BCUT2D eigenvalue weighted by molar-refractivity contribution is -0.120. The number of aromatic nitrogens is 2. The number of carbonyl (C=O) groups is 1. The smallest absolute Gasteiger partial charge is 0.243 e. The zero-order valence-corrected chi connectivity index (χ0v) is 7.62. The van der Waals surface area contributed by atoms with Gasteiger partial charge in [-0.05, 0) is 0 Å². The summed E-state index contributed by atoms with van der Waals surface area (Å²) in [5.74, 6) is -0.0916. The van der Waals surface area contributed by atoms with E-state index in [2.05, 4.69) is 20.8 Å². The summed E-state index contributed by atoms with van der Waals surface area (Å²) >= 11 is 0. The highest BCUT2D eigenvalue weighted by atomic mass is 16.5. The maximum Gasteiger partial charge on any atom is 0.243 e. The van der Waals surface area contributed by atoms with E-state index < -0.39 is 0 Å². The van der Waals surface area contributed by atoms with Gasteiger partial charge in [0.05, 0.1) is 25.1 Å². The molecule has 1 atom stereocenters. The zero-order chi connectivity index (χ0) is 9.80. The van der Waals surface area contributed by atoms with Gasteiger partial charge < -0.3 is 15.4 Å². The minimum Gasteiger partial charge on any atom is -0.378 e. The molecule has 6 heteroatoms. The van der Waals surface area contributed by atoms with Crippen molar-refractivity contribution in [1.82, 2.24) is 15.5 Å². The van der Waals surface area contributed by atoms with Gasteiger partial charge in [-0.15, -0.1) is 0 Å². The summed E-state index contributed by atoms with van der Waals surface area (Å²) in [5.41, 5.74) is 0.669. The van der Waals surface area contributed by atoms with Gasteiger partial charge in [0.15, 0.2) is 0 Å². The van der Waals surface area contributed by atoms with Crippen LogP contribution in [0.5, 0.6) is 0 Å². The number of anilines is 1. The lowest BCUT2D eigenvalue weighted by Gasteiger charge is -2.22. The second-order valence-corrected chi connectivity index (χ2v) is 3.06. The van der Waals surface area contributed by atoms with E-state index in [4.69, 9.17) is 4.74 Å². The maximum absolute atomic E-state index is 11.6. The Labute approximate surface area is 81.0 Å². The van der Waals surface area contributed by atoms with Gasteiger partial charge in [-0.3, -0.25) is 9.89 Å². The first kappa shape index (κ1) is 9.17. The topological polar surface area (TPSA) is 79.0 Å². The fraction of sp³-hybridized carbons (Fsp3) is 0.500. The van der Waals surface area contributed by atoms with E-state index in [0.29, 0.717) is 25.4 Å². The van der Waals surface area contributed by atoms with E-state index in [1.54, 1.807) is 12.4 Å². The van der Waals surface area contributed by atoms with Crippen molar-refractivity contribution in [2.24, 2.45) is 0 Å². The average molecular weight is 196 g/mol. The number of amides is 1. The third-order valence-corrected chi connectivity index (χ3v) is 2.00. The van der Waals surface area contributed by atoms with E-state index in [0.717, 1.165) is 0 Å². The Morgan fingerprint density at radius 1 is 1.71 bits per heavy atom. The first-order valence-electron chi connectivity index (χ1n) is 4.47. The van der Waals surface area contributed by atoms with Gasteiger partial charge in [0.1, 0.15) is 6.04 Å². The van der Waals surface area contributed by atoms with Crippen LogP contribution in [0.1, 0.15) is 0 Å². The minimum absolute atomic E-state index is 0.0916. The van der Waals surface area contributed by atoms with Crippen molar-refractivity contribution in [3.05, 3.63) is 12.4 Å². The van der Waals surface area contributed by atoms with E-state index in [1.165, 1.54) is 0 Å². The van der Waals surface area contributed by atoms with Crippen molar-refractivity contribution >= 4 is 11.6 Å². The summed E-state index contributed by atoms with van der Waals surface area (Å²) < 4.78 is 5.18. The van der Waals surface area contributed by atoms with Gasteiger partial charge in [-0.1, -0.05) is 0 Å². The molecule has 2 heterocycles. The molecule has 0 aliphatic carbocycles. The quantitative estimate of drug-likeness (QED) is 0.586. The minimum atomic E-state index is -0.265. The number of ether oxygens (including phenoxy) is 1. The van der Waals surface area contributed by atoms with Crippen LogP contribution in [0, 0.1) is 0 Å². The fourth-order valence-corrected chi connectivity index (χ4v) is 1.28. The molecule has 1 aromatic rings. The number of hydrogen-bond acceptors (Lipinski definition) is 4. The van der Waals surface area contributed by atoms with Crippen molar-refractivity contribution in [1.29, 1.82) is 0 Å². The van der Waals surface area contributed by atoms with Crippen LogP contribution in [-0.4, -0.2) is 41.9 Å². The van der Waals surface area contributed by atoms with Gasteiger partial charge in [-0.25, -0.2) is 0 Å². The molecule has 6 nitrogen and oxygen atoms in total. The number of morpholine rings is 1. The molecule has 1 aromatic heterocycles. The molecule has 76 valence electrons. The molecular weight excluding hydrogens is 184 g/mol. The predicted octanol–water partition coefficient (Wildman–Crippen LogP) is -0.663. The van der Waals surface area contributed by atoms with Gasteiger partial charge in [0.25, 0.3) is 0 Å². The Bertz CT molecular complexity index is 292. The average Bonchev–Trinajstić information content (AvgIpc) is 2.72. The Hall–Kier alpha value is -1.40. The molecule has 1 fully saturated rings. The normalized spacial score (nSPS) is 21.9. The van der Waals surface area contributed by atoms with Crippen LogP contribution in [0.25, 0.3) is 0 Å². The maximum atomic E-state index is 11.6. The lowest BCUT2D eigenvalue weighted by atomic mass is 10.2. The molecule has 0 spiro atoms. The van der Waals surface area contributed by atoms with Crippen molar-refractivity contribution < 1.29 is 9.53 Å². The van der Waals surface area contributed by atoms with Crippen LogP contribution in [0.3, 0.4) is 0 Å². The Morgan fingerprint density at radius 3 is 3.29 bits per heavy atom. The van der Waals surface area contributed by atoms with E-state index in [1.807, 2.05) is 0 Å². The third-order valence-electron chi connectivity index (χ3n) is 2.00. The van der Waals surface area contributed by atoms with Crippen molar-refractivity contribution in [3.63, 3.8) is 0 Å². The summed E-state index contributed by atoms with van der Waals surface area (Å²) in [5, 5.41) is 12.1. The molecule has 1 aliphatic heterocycles.